The molecule has 0 radical (unpaired) electrons. The minimum atomic E-state index is -0.915. The maximum absolute atomic E-state index is 11.5. The van der Waals surface area contributed by atoms with Crippen LogP contribution < -0.4 is 5.32 Å². The average molecular weight is 215 g/mol. The van der Waals surface area contributed by atoms with Gasteiger partial charge in [-0.2, -0.15) is 0 Å². The van der Waals surface area contributed by atoms with Crippen LogP contribution in [-0.4, -0.2) is 36.2 Å². The molecule has 3 unspecified atom stereocenters. The summed E-state index contributed by atoms with van der Waals surface area (Å²) in [5.74, 6) is -1.71. The molecule has 0 aromatic rings. The van der Waals surface area contributed by atoms with Gasteiger partial charge in [0.25, 0.3) is 0 Å². The predicted molar refractivity (Wildman–Crippen MR) is 53.3 cm³/mol. The van der Waals surface area contributed by atoms with Gasteiger partial charge in [0.1, 0.15) is 5.92 Å². The highest BCUT2D eigenvalue weighted by molar-refractivity contribution is 5.80. The van der Waals surface area contributed by atoms with Crippen LogP contribution in [0.1, 0.15) is 20.3 Å². The van der Waals surface area contributed by atoms with Crippen LogP contribution in [0.3, 0.4) is 0 Å². The van der Waals surface area contributed by atoms with Gasteiger partial charge in [-0.25, -0.2) is 0 Å². The predicted octanol–water partition coefficient (Wildman–Crippen LogP) is 0.248. The molecule has 1 aliphatic heterocycles. The Kier molecular flexibility index (Phi) is 4.08. The molecule has 1 amide bonds. The van der Waals surface area contributed by atoms with Gasteiger partial charge in [0.2, 0.25) is 5.91 Å². The monoisotopic (exact) mass is 215 g/mol. The first-order valence-electron chi connectivity index (χ1n) is 5.17. The van der Waals surface area contributed by atoms with Gasteiger partial charge < -0.3 is 15.2 Å². The lowest BCUT2D eigenvalue weighted by atomic mass is 10.0. The second-order valence-electron chi connectivity index (χ2n) is 3.91. The number of rotatable bonds is 4. The first kappa shape index (κ1) is 12.0. The van der Waals surface area contributed by atoms with Crippen molar-refractivity contribution < 1.29 is 19.4 Å². The number of hydrogen-bond acceptors (Lipinski definition) is 3. The van der Waals surface area contributed by atoms with Gasteiger partial charge in [0, 0.05) is 5.92 Å². The van der Waals surface area contributed by atoms with Crippen LogP contribution in [0.4, 0.5) is 0 Å². The van der Waals surface area contributed by atoms with Crippen molar-refractivity contribution in [2.75, 3.05) is 13.2 Å². The molecule has 1 aliphatic rings. The number of amides is 1. The molecule has 0 saturated carbocycles. The highest BCUT2D eigenvalue weighted by Gasteiger charge is 2.35. The molecule has 86 valence electrons. The molecule has 5 nitrogen and oxygen atoms in total. The number of aliphatic carboxylic acids is 1. The Morgan fingerprint density at radius 2 is 2.20 bits per heavy atom. The van der Waals surface area contributed by atoms with E-state index >= 15 is 0 Å². The maximum atomic E-state index is 11.5. The number of carboxylic acid groups (broad SMARTS) is 1. The summed E-state index contributed by atoms with van der Waals surface area (Å²) < 4.78 is 5.05. The van der Waals surface area contributed by atoms with E-state index < -0.39 is 11.9 Å². The number of carbonyl (C=O) groups is 2. The van der Waals surface area contributed by atoms with E-state index in [0.717, 1.165) is 6.42 Å². The molecule has 3 atom stereocenters. The van der Waals surface area contributed by atoms with Crippen molar-refractivity contribution >= 4 is 11.9 Å². The van der Waals surface area contributed by atoms with E-state index in [9.17, 15) is 9.59 Å². The van der Waals surface area contributed by atoms with Crippen LogP contribution in [-0.2, 0) is 14.3 Å². The minimum Gasteiger partial charge on any atom is -0.481 e. The van der Waals surface area contributed by atoms with Crippen LogP contribution in [0.5, 0.6) is 0 Å². The van der Waals surface area contributed by atoms with E-state index in [1.54, 1.807) is 0 Å². The molecular formula is C10H17NO4. The number of carboxylic acids is 1. The number of ether oxygens (including phenoxy) is 1. The fraction of sp³-hybridized carbons (Fsp3) is 0.800. The lowest BCUT2D eigenvalue weighted by molar-refractivity contribution is -0.142. The Balaban J connectivity index is 2.50. The quantitative estimate of drug-likeness (QED) is 0.704. The van der Waals surface area contributed by atoms with Gasteiger partial charge in [-0.3, -0.25) is 9.59 Å². The maximum Gasteiger partial charge on any atom is 0.311 e. The molecule has 2 N–H and O–H groups in total. The normalized spacial score (nSPS) is 27.3. The fourth-order valence-electron chi connectivity index (χ4n) is 1.45. The van der Waals surface area contributed by atoms with Crippen molar-refractivity contribution in [3.8, 4) is 0 Å². The van der Waals surface area contributed by atoms with Gasteiger partial charge >= 0.3 is 5.97 Å². The van der Waals surface area contributed by atoms with E-state index in [1.807, 2.05) is 13.8 Å². The minimum absolute atomic E-state index is 0.0833. The summed E-state index contributed by atoms with van der Waals surface area (Å²) in [5, 5.41) is 11.6. The van der Waals surface area contributed by atoms with Crippen LogP contribution in [0.15, 0.2) is 0 Å². The zero-order valence-corrected chi connectivity index (χ0v) is 9.03. The SMILES string of the molecule is CCC(C)C(=O)NC1COCC1C(=O)O. The second kappa shape index (κ2) is 5.11. The molecule has 1 fully saturated rings. The molecule has 0 aromatic heterocycles. The second-order valence-corrected chi connectivity index (χ2v) is 3.91. The highest BCUT2D eigenvalue weighted by atomic mass is 16.5. The summed E-state index contributed by atoms with van der Waals surface area (Å²) in [7, 11) is 0. The number of carbonyl (C=O) groups excluding carboxylic acids is 1. The van der Waals surface area contributed by atoms with Crippen LogP contribution >= 0.6 is 0 Å². The molecule has 0 aromatic carbocycles. The first-order valence-corrected chi connectivity index (χ1v) is 5.17. The number of nitrogens with one attached hydrogen (secondary N) is 1. The van der Waals surface area contributed by atoms with Crippen molar-refractivity contribution in [2.24, 2.45) is 11.8 Å². The third-order valence-corrected chi connectivity index (χ3v) is 2.79. The largest absolute Gasteiger partial charge is 0.481 e. The van der Waals surface area contributed by atoms with Crippen molar-refractivity contribution in [3.05, 3.63) is 0 Å². The highest BCUT2D eigenvalue weighted by Crippen LogP contribution is 2.14. The summed E-state index contributed by atoms with van der Waals surface area (Å²) in [5.41, 5.74) is 0. The van der Waals surface area contributed by atoms with E-state index in [1.165, 1.54) is 0 Å². The summed E-state index contributed by atoms with van der Waals surface area (Å²) in [6, 6.07) is -0.385. The van der Waals surface area contributed by atoms with Crippen molar-refractivity contribution in [3.63, 3.8) is 0 Å². The molecule has 1 rings (SSSR count). The van der Waals surface area contributed by atoms with E-state index in [0.29, 0.717) is 6.61 Å². The molecule has 5 heteroatoms. The average Bonchev–Trinajstić information content (AvgIpc) is 2.64. The van der Waals surface area contributed by atoms with Crippen LogP contribution in [0.25, 0.3) is 0 Å². The molecular weight excluding hydrogens is 198 g/mol. The fourth-order valence-corrected chi connectivity index (χ4v) is 1.45. The zero-order valence-electron chi connectivity index (χ0n) is 9.03. The van der Waals surface area contributed by atoms with Crippen LogP contribution in [0, 0.1) is 11.8 Å². The Hall–Kier alpha value is -1.10. The van der Waals surface area contributed by atoms with Gasteiger partial charge in [0.15, 0.2) is 0 Å². The molecule has 0 spiro atoms. The Morgan fingerprint density at radius 3 is 2.73 bits per heavy atom. The smallest absolute Gasteiger partial charge is 0.311 e. The topological polar surface area (TPSA) is 75.6 Å². The molecule has 0 aliphatic carbocycles. The lowest BCUT2D eigenvalue weighted by Gasteiger charge is -2.17. The zero-order chi connectivity index (χ0) is 11.4. The Labute approximate surface area is 88.8 Å². The molecule has 0 bridgehead atoms. The van der Waals surface area contributed by atoms with E-state index in [-0.39, 0.29) is 24.5 Å². The Morgan fingerprint density at radius 1 is 1.53 bits per heavy atom. The molecule has 15 heavy (non-hydrogen) atoms. The standard InChI is InChI=1S/C10H17NO4/c1-3-6(2)9(12)11-8-5-15-4-7(8)10(13)14/h6-8H,3-5H2,1-2H3,(H,11,12)(H,13,14). The van der Waals surface area contributed by atoms with Gasteiger partial charge in [-0.1, -0.05) is 13.8 Å². The summed E-state index contributed by atoms with van der Waals surface area (Å²) in [4.78, 5) is 22.3. The van der Waals surface area contributed by atoms with Crippen molar-refractivity contribution in [1.29, 1.82) is 0 Å². The lowest BCUT2D eigenvalue weighted by Crippen LogP contribution is -2.44. The third kappa shape index (κ3) is 2.92. The first-order chi connectivity index (χ1) is 7.06. The van der Waals surface area contributed by atoms with Gasteiger partial charge in [-0.15, -0.1) is 0 Å². The molecule has 1 saturated heterocycles. The van der Waals surface area contributed by atoms with Gasteiger partial charge in [0.05, 0.1) is 19.3 Å². The Bertz CT molecular complexity index is 254. The van der Waals surface area contributed by atoms with Crippen molar-refractivity contribution in [1.82, 2.24) is 5.32 Å². The third-order valence-electron chi connectivity index (χ3n) is 2.79. The van der Waals surface area contributed by atoms with Crippen molar-refractivity contribution in [2.45, 2.75) is 26.3 Å². The summed E-state index contributed by atoms with van der Waals surface area (Å²) >= 11 is 0. The summed E-state index contributed by atoms with van der Waals surface area (Å²) in [6.45, 7) is 4.21. The summed E-state index contributed by atoms with van der Waals surface area (Å²) in [6.07, 6.45) is 0.747. The molecule has 1 heterocycles. The van der Waals surface area contributed by atoms with E-state index in [2.05, 4.69) is 5.32 Å². The number of hydrogen-bond donors (Lipinski definition) is 2. The van der Waals surface area contributed by atoms with Crippen LogP contribution in [0.2, 0.25) is 0 Å². The van der Waals surface area contributed by atoms with Gasteiger partial charge in [-0.05, 0) is 6.42 Å². The van der Waals surface area contributed by atoms with E-state index in [4.69, 9.17) is 9.84 Å².